The van der Waals surface area contributed by atoms with E-state index in [1.807, 2.05) is 31.2 Å². The van der Waals surface area contributed by atoms with Crippen molar-refractivity contribution in [1.29, 1.82) is 0 Å². The van der Waals surface area contributed by atoms with Crippen LogP contribution < -0.4 is 10.1 Å². The number of benzene rings is 1. The van der Waals surface area contributed by atoms with Crippen LogP contribution in [0.5, 0.6) is 5.75 Å². The van der Waals surface area contributed by atoms with E-state index >= 15 is 0 Å². The maximum atomic E-state index is 12.7. The van der Waals surface area contributed by atoms with Crippen molar-refractivity contribution in [3.63, 3.8) is 0 Å². The van der Waals surface area contributed by atoms with Crippen LogP contribution in [0.1, 0.15) is 25.7 Å². The molecule has 122 valence electrons. The van der Waals surface area contributed by atoms with Crippen LogP contribution in [0.15, 0.2) is 35.7 Å². The van der Waals surface area contributed by atoms with E-state index in [1.165, 1.54) is 20.9 Å². The zero-order chi connectivity index (χ0) is 16.7. The monoisotopic (exact) mass is 355 g/mol. The molecule has 0 saturated carbocycles. The first-order valence-corrected chi connectivity index (χ1v) is 9.51. The van der Waals surface area contributed by atoms with Gasteiger partial charge in [-0.3, -0.25) is 4.79 Å². The van der Waals surface area contributed by atoms with Crippen LogP contribution in [0, 0.1) is 6.92 Å². The second-order valence-corrected chi connectivity index (χ2v) is 7.93. The van der Waals surface area contributed by atoms with E-state index in [9.17, 15) is 4.79 Å². The number of hydrogen-bond acceptors (Lipinski definition) is 4. The molecule has 1 aliphatic rings. The summed E-state index contributed by atoms with van der Waals surface area (Å²) in [7, 11) is 1.61. The van der Waals surface area contributed by atoms with Crippen molar-refractivity contribution in [2.75, 3.05) is 12.4 Å². The lowest BCUT2D eigenvalue weighted by molar-refractivity contribution is 0.103. The van der Waals surface area contributed by atoms with Gasteiger partial charge in [-0.05, 0) is 60.5 Å². The zero-order valence-electron chi connectivity index (χ0n) is 13.5. The third-order valence-corrected chi connectivity index (χ3v) is 6.44. The van der Waals surface area contributed by atoms with Crippen LogP contribution in [-0.4, -0.2) is 13.0 Å². The summed E-state index contributed by atoms with van der Waals surface area (Å²) in [5, 5.41) is 5.13. The minimum absolute atomic E-state index is 0.0740. The van der Waals surface area contributed by atoms with Crippen LogP contribution in [0.2, 0.25) is 0 Å². The summed E-state index contributed by atoms with van der Waals surface area (Å²) in [6.07, 6.45) is 2.09. The van der Waals surface area contributed by atoms with Gasteiger partial charge in [0.25, 0.3) is 5.91 Å². The van der Waals surface area contributed by atoms with Gasteiger partial charge in [-0.2, -0.15) is 0 Å². The molecule has 0 unspecified atom stereocenters. The van der Waals surface area contributed by atoms with Crippen molar-refractivity contribution in [1.82, 2.24) is 0 Å². The highest BCUT2D eigenvalue weighted by atomic mass is 32.1. The standard InChI is InChI=1S/C19H17NO2S2/c1-11-3-5-15(22-2)14(9-11)20-19(21)17-10-12-4-6-16-13(7-8-23-16)18(12)24-17/h3,5,7-10H,4,6H2,1-2H3,(H,20,21). The lowest BCUT2D eigenvalue weighted by Gasteiger charge is -2.10. The van der Waals surface area contributed by atoms with E-state index < -0.39 is 0 Å². The van der Waals surface area contributed by atoms with Gasteiger partial charge in [-0.1, -0.05) is 6.07 Å². The molecule has 1 amide bonds. The molecular weight excluding hydrogens is 338 g/mol. The van der Waals surface area contributed by atoms with Crippen LogP contribution in [-0.2, 0) is 12.8 Å². The lowest BCUT2D eigenvalue weighted by Crippen LogP contribution is -2.11. The van der Waals surface area contributed by atoms with Gasteiger partial charge in [0.1, 0.15) is 5.75 Å². The highest BCUT2D eigenvalue weighted by Crippen LogP contribution is 2.42. The normalized spacial score (nSPS) is 12.4. The van der Waals surface area contributed by atoms with E-state index in [1.54, 1.807) is 29.8 Å². The first-order valence-electron chi connectivity index (χ1n) is 7.81. The lowest BCUT2D eigenvalue weighted by atomic mass is 9.98. The first kappa shape index (κ1) is 15.4. The Balaban J connectivity index is 1.64. The molecule has 1 aliphatic carbocycles. The Hall–Kier alpha value is -2.11. The quantitative estimate of drug-likeness (QED) is 0.706. The van der Waals surface area contributed by atoms with Crippen LogP contribution in [0.4, 0.5) is 5.69 Å². The Morgan fingerprint density at radius 2 is 2.08 bits per heavy atom. The Labute approximate surface area is 148 Å². The molecule has 24 heavy (non-hydrogen) atoms. The van der Waals surface area contributed by atoms with Gasteiger partial charge in [0.15, 0.2) is 0 Å². The fourth-order valence-corrected chi connectivity index (χ4v) is 5.15. The summed E-state index contributed by atoms with van der Waals surface area (Å²) < 4.78 is 5.34. The molecule has 0 fully saturated rings. The predicted molar refractivity (Wildman–Crippen MR) is 101 cm³/mol. The molecule has 0 radical (unpaired) electrons. The Morgan fingerprint density at radius 3 is 2.92 bits per heavy atom. The van der Waals surface area contributed by atoms with Crippen molar-refractivity contribution in [3.05, 3.63) is 56.6 Å². The third-order valence-electron chi connectivity index (χ3n) is 4.25. The van der Waals surface area contributed by atoms with Crippen LogP contribution in [0.25, 0.3) is 10.4 Å². The molecular formula is C19H17NO2S2. The molecule has 1 N–H and O–H groups in total. The van der Waals surface area contributed by atoms with Crippen molar-refractivity contribution >= 4 is 34.3 Å². The van der Waals surface area contributed by atoms with E-state index in [-0.39, 0.29) is 5.91 Å². The Bertz CT molecular complexity index is 923. The van der Waals surface area contributed by atoms with Gasteiger partial charge < -0.3 is 10.1 Å². The van der Waals surface area contributed by atoms with Gasteiger partial charge in [0, 0.05) is 15.3 Å². The van der Waals surface area contributed by atoms with Crippen LogP contribution >= 0.6 is 22.7 Å². The number of aryl methyl sites for hydroxylation is 3. The van der Waals surface area contributed by atoms with Gasteiger partial charge in [-0.15, -0.1) is 22.7 Å². The Kier molecular flexibility index (Phi) is 3.90. The molecule has 1 aromatic carbocycles. The molecule has 4 rings (SSSR count). The number of rotatable bonds is 3. The second-order valence-electron chi connectivity index (χ2n) is 5.88. The Morgan fingerprint density at radius 1 is 1.21 bits per heavy atom. The number of thiophene rings is 2. The molecule has 0 saturated heterocycles. The molecule has 3 aromatic rings. The zero-order valence-corrected chi connectivity index (χ0v) is 15.1. The summed E-state index contributed by atoms with van der Waals surface area (Å²) in [5.41, 5.74) is 4.38. The molecule has 0 bridgehead atoms. The van der Waals surface area contributed by atoms with Gasteiger partial charge in [0.05, 0.1) is 17.7 Å². The smallest absolute Gasteiger partial charge is 0.265 e. The SMILES string of the molecule is COc1ccc(C)cc1NC(=O)c1cc2c(s1)-c1ccsc1CC2. The molecule has 0 atom stereocenters. The number of methoxy groups -OCH3 is 1. The average Bonchev–Trinajstić information content (AvgIpc) is 3.21. The highest BCUT2D eigenvalue weighted by Gasteiger charge is 2.22. The van der Waals surface area contributed by atoms with Gasteiger partial charge >= 0.3 is 0 Å². The third kappa shape index (κ3) is 2.64. The van der Waals surface area contributed by atoms with E-state index in [4.69, 9.17) is 4.74 Å². The molecule has 5 heteroatoms. The van der Waals surface area contributed by atoms with E-state index in [2.05, 4.69) is 16.8 Å². The number of carbonyl (C=O) groups excluding carboxylic acids is 1. The number of amides is 1. The average molecular weight is 355 g/mol. The minimum atomic E-state index is -0.0740. The summed E-state index contributed by atoms with van der Waals surface area (Å²) in [4.78, 5) is 16.1. The van der Waals surface area contributed by atoms with Crippen molar-refractivity contribution < 1.29 is 9.53 Å². The molecule has 3 nitrogen and oxygen atoms in total. The molecule has 2 heterocycles. The summed E-state index contributed by atoms with van der Waals surface area (Å²) >= 11 is 3.39. The number of carbonyl (C=O) groups is 1. The predicted octanol–water partition coefficient (Wildman–Crippen LogP) is 5.14. The van der Waals surface area contributed by atoms with Gasteiger partial charge in [0.2, 0.25) is 0 Å². The number of hydrogen-bond donors (Lipinski definition) is 1. The second kappa shape index (κ2) is 6.07. The highest BCUT2D eigenvalue weighted by molar-refractivity contribution is 7.18. The van der Waals surface area contributed by atoms with E-state index in [0.29, 0.717) is 11.4 Å². The largest absolute Gasteiger partial charge is 0.495 e. The number of ether oxygens (including phenoxy) is 1. The number of anilines is 1. The summed E-state index contributed by atoms with van der Waals surface area (Å²) in [5.74, 6) is 0.602. The first-order chi connectivity index (χ1) is 11.7. The molecule has 0 aliphatic heterocycles. The summed E-state index contributed by atoms with van der Waals surface area (Å²) in [6.45, 7) is 2.00. The topological polar surface area (TPSA) is 38.3 Å². The maximum absolute atomic E-state index is 12.7. The van der Waals surface area contributed by atoms with Crippen molar-refractivity contribution in [3.8, 4) is 16.2 Å². The van der Waals surface area contributed by atoms with Crippen molar-refractivity contribution in [2.45, 2.75) is 19.8 Å². The fourth-order valence-electron chi connectivity index (χ4n) is 3.04. The number of nitrogens with one attached hydrogen (secondary N) is 1. The molecule has 2 aromatic heterocycles. The van der Waals surface area contributed by atoms with E-state index in [0.717, 1.165) is 23.3 Å². The minimum Gasteiger partial charge on any atom is -0.495 e. The van der Waals surface area contributed by atoms with Crippen LogP contribution in [0.3, 0.4) is 0 Å². The van der Waals surface area contributed by atoms with Crippen molar-refractivity contribution in [2.24, 2.45) is 0 Å². The molecule has 0 spiro atoms. The number of fused-ring (bicyclic) bond motifs is 3. The fraction of sp³-hybridized carbons (Fsp3) is 0.211. The summed E-state index contributed by atoms with van der Waals surface area (Å²) in [6, 6.07) is 9.98. The van der Waals surface area contributed by atoms with Gasteiger partial charge in [-0.25, -0.2) is 0 Å². The maximum Gasteiger partial charge on any atom is 0.265 e.